The van der Waals surface area contributed by atoms with E-state index in [9.17, 15) is 22.8 Å². The van der Waals surface area contributed by atoms with Crippen molar-refractivity contribution in [3.63, 3.8) is 0 Å². The smallest absolute Gasteiger partial charge is 0.417 e. The number of ether oxygens (including phenoxy) is 1. The Morgan fingerprint density at radius 2 is 1.96 bits per heavy atom. The van der Waals surface area contributed by atoms with Gasteiger partial charge in [-0.15, -0.1) is 0 Å². The summed E-state index contributed by atoms with van der Waals surface area (Å²) in [6, 6.07) is 1.46. The van der Waals surface area contributed by atoms with Crippen LogP contribution in [0.3, 0.4) is 0 Å². The average Bonchev–Trinajstić information content (AvgIpc) is 2.94. The van der Waals surface area contributed by atoms with Gasteiger partial charge >= 0.3 is 12.3 Å². The average molecular weight is 358 g/mol. The van der Waals surface area contributed by atoms with Crippen molar-refractivity contribution in [3.05, 3.63) is 29.6 Å². The van der Waals surface area contributed by atoms with Crippen molar-refractivity contribution in [2.45, 2.75) is 57.9 Å². The molecule has 0 aliphatic carbocycles. The first-order chi connectivity index (χ1) is 11.5. The van der Waals surface area contributed by atoms with E-state index in [0.29, 0.717) is 25.6 Å². The number of Topliss-reactive ketones (excluding diaryl/α,β-unsaturated/α-hetero) is 1. The number of amides is 1. The van der Waals surface area contributed by atoms with Crippen LogP contribution in [0, 0.1) is 0 Å². The van der Waals surface area contributed by atoms with E-state index in [4.69, 9.17) is 4.74 Å². The van der Waals surface area contributed by atoms with E-state index in [1.165, 1.54) is 11.0 Å². The van der Waals surface area contributed by atoms with Crippen LogP contribution in [0.4, 0.5) is 18.0 Å². The molecule has 1 aliphatic heterocycles. The lowest BCUT2D eigenvalue weighted by molar-refractivity contribution is -0.137. The van der Waals surface area contributed by atoms with E-state index < -0.39 is 29.5 Å². The Balaban J connectivity index is 2.03. The molecule has 1 fully saturated rings. The first-order valence-corrected chi connectivity index (χ1v) is 8.02. The Hall–Kier alpha value is -2.12. The number of hydrogen-bond acceptors (Lipinski definition) is 4. The molecule has 0 spiro atoms. The molecule has 0 bridgehead atoms. The molecule has 0 unspecified atom stereocenters. The van der Waals surface area contributed by atoms with Gasteiger partial charge in [0.2, 0.25) is 0 Å². The number of hydrogen-bond donors (Lipinski definition) is 0. The largest absolute Gasteiger partial charge is 0.444 e. The molecule has 0 N–H and O–H groups in total. The van der Waals surface area contributed by atoms with Gasteiger partial charge in [0.25, 0.3) is 0 Å². The minimum Gasteiger partial charge on any atom is -0.444 e. The van der Waals surface area contributed by atoms with Gasteiger partial charge in [0, 0.05) is 18.4 Å². The summed E-state index contributed by atoms with van der Waals surface area (Å²) in [6.45, 7) is 5.64. The maximum absolute atomic E-state index is 12.5. The minimum atomic E-state index is -4.46. The zero-order valence-corrected chi connectivity index (χ0v) is 14.4. The number of nitrogens with zero attached hydrogens (tertiary/aromatic N) is 2. The zero-order valence-electron chi connectivity index (χ0n) is 14.4. The van der Waals surface area contributed by atoms with Gasteiger partial charge in [-0.1, -0.05) is 0 Å². The van der Waals surface area contributed by atoms with Crippen molar-refractivity contribution in [1.29, 1.82) is 0 Å². The van der Waals surface area contributed by atoms with Crippen LogP contribution in [0.25, 0.3) is 0 Å². The molecule has 138 valence electrons. The third-order valence-corrected chi connectivity index (χ3v) is 3.76. The lowest BCUT2D eigenvalue weighted by Gasteiger charge is -2.28. The number of halogens is 3. The molecule has 0 radical (unpaired) electrons. The highest BCUT2D eigenvalue weighted by Crippen LogP contribution is 2.28. The van der Waals surface area contributed by atoms with Crippen molar-refractivity contribution in [2.75, 3.05) is 6.54 Å². The number of pyridine rings is 1. The van der Waals surface area contributed by atoms with E-state index in [1.807, 2.05) is 0 Å². The molecule has 1 aromatic heterocycles. The Morgan fingerprint density at radius 3 is 2.48 bits per heavy atom. The number of aromatic nitrogens is 1. The highest BCUT2D eigenvalue weighted by atomic mass is 19.4. The fourth-order valence-electron chi connectivity index (χ4n) is 2.63. The van der Waals surface area contributed by atoms with E-state index in [1.54, 1.807) is 20.8 Å². The molecular formula is C17H21F3N2O3. The van der Waals surface area contributed by atoms with Crippen LogP contribution in [0.2, 0.25) is 0 Å². The lowest BCUT2D eigenvalue weighted by atomic mass is 10.0. The van der Waals surface area contributed by atoms with Crippen LogP contribution in [0.5, 0.6) is 0 Å². The first-order valence-electron chi connectivity index (χ1n) is 8.02. The fourth-order valence-corrected chi connectivity index (χ4v) is 2.63. The summed E-state index contributed by atoms with van der Waals surface area (Å²) in [5.41, 5.74) is -1.28. The van der Waals surface area contributed by atoms with Gasteiger partial charge < -0.3 is 4.74 Å². The molecule has 25 heavy (non-hydrogen) atoms. The van der Waals surface area contributed by atoms with Crippen LogP contribution in [-0.4, -0.2) is 39.9 Å². The van der Waals surface area contributed by atoms with Gasteiger partial charge in [-0.05, 0) is 45.7 Å². The molecule has 0 aromatic carbocycles. The number of likely N-dealkylation sites (tertiary alicyclic amines) is 1. The molecule has 2 rings (SSSR count). The predicted octanol–water partition coefficient (Wildman–Crippen LogP) is 3.61. The summed E-state index contributed by atoms with van der Waals surface area (Å²) in [4.78, 5) is 29.8. The van der Waals surface area contributed by atoms with Gasteiger partial charge in [-0.2, -0.15) is 13.2 Å². The maximum Gasteiger partial charge on any atom is 0.417 e. The number of rotatable bonds is 3. The van der Waals surface area contributed by atoms with Gasteiger partial charge in [-0.25, -0.2) is 4.79 Å². The molecule has 1 amide bonds. The van der Waals surface area contributed by atoms with Gasteiger partial charge in [-0.3, -0.25) is 14.7 Å². The summed E-state index contributed by atoms with van der Waals surface area (Å²) >= 11 is 0. The summed E-state index contributed by atoms with van der Waals surface area (Å²) in [6.07, 6.45) is -3.24. The molecule has 1 atom stereocenters. The number of carbonyl (C=O) groups is 2. The standard InChI is InChI=1S/C17H21F3N2O3/c1-16(2,3)25-15(24)22-8-4-5-13(22)14(23)9-12-7-6-11(10-21-12)17(18,19)20/h6-7,10,13H,4-5,8-9H2,1-3H3/t13-/m0/s1. The summed E-state index contributed by atoms with van der Waals surface area (Å²) < 4.78 is 42.9. The monoisotopic (exact) mass is 358 g/mol. The Morgan fingerprint density at radius 1 is 1.28 bits per heavy atom. The Labute approximate surface area is 144 Å². The topological polar surface area (TPSA) is 59.5 Å². The van der Waals surface area contributed by atoms with Gasteiger partial charge in [0.05, 0.1) is 18.0 Å². The third-order valence-electron chi connectivity index (χ3n) is 3.76. The summed E-state index contributed by atoms with van der Waals surface area (Å²) in [5.74, 6) is -0.254. The van der Waals surface area contributed by atoms with Crippen LogP contribution in [-0.2, 0) is 22.1 Å². The van der Waals surface area contributed by atoms with E-state index >= 15 is 0 Å². The normalized spacial score (nSPS) is 18.3. The number of carbonyl (C=O) groups excluding carboxylic acids is 2. The summed E-state index contributed by atoms with van der Waals surface area (Å²) in [5, 5.41) is 0. The molecule has 0 saturated carbocycles. The highest BCUT2D eigenvalue weighted by Gasteiger charge is 2.36. The molecule has 5 nitrogen and oxygen atoms in total. The van der Waals surface area contributed by atoms with Crippen molar-refractivity contribution in [3.8, 4) is 0 Å². The quantitative estimate of drug-likeness (QED) is 0.828. The number of alkyl halides is 3. The second-order valence-electron chi connectivity index (χ2n) is 7.01. The second kappa shape index (κ2) is 7.01. The van der Waals surface area contributed by atoms with E-state index in [2.05, 4.69) is 4.98 Å². The van der Waals surface area contributed by atoms with Crippen LogP contribution in [0.1, 0.15) is 44.9 Å². The SMILES string of the molecule is CC(C)(C)OC(=O)N1CCC[C@H]1C(=O)Cc1ccc(C(F)(F)F)cn1. The minimum absolute atomic E-state index is 0.123. The van der Waals surface area contributed by atoms with Gasteiger partial charge in [0.1, 0.15) is 5.60 Å². The maximum atomic E-state index is 12.5. The van der Waals surface area contributed by atoms with Crippen LogP contribution < -0.4 is 0 Å². The molecule has 8 heteroatoms. The van der Waals surface area contributed by atoms with Crippen LogP contribution >= 0.6 is 0 Å². The van der Waals surface area contributed by atoms with E-state index in [0.717, 1.165) is 6.07 Å². The molecule has 2 heterocycles. The molecular weight excluding hydrogens is 337 g/mol. The Bertz CT molecular complexity index is 636. The molecule has 1 saturated heterocycles. The van der Waals surface area contributed by atoms with Crippen molar-refractivity contribution >= 4 is 11.9 Å². The fraction of sp³-hybridized carbons (Fsp3) is 0.588. The summed E-state index contributed by atoms with van der Waals surface area (Å²) in [7, 11) is 0. The Kier molecular flexibility index (Phi) is 5.39. The van der Waals surface area contributed by atoms with Crippen LogP contribution in [0.15, 0.2) is 18.3 Å². The third kappa shape index (κ3) is 5.17. The van der Waals surface area contributed by atoms with E-state index in [-0.39, 0.29) is 17.9 Å². The van der Waals surface area contributed by atoms with Crippen molar-refractivity contribution in [1.82, 2.24) is 9.88 Å². The number of ketones is 1. The molecule has 1 aromatic rings. The van der Waals surface area contributed by atoms with Crippen molar-refractivity contribution in [2.24, 2.45) is 0 Å². The zero-order chi connectivity index (χ0) is 18.8. The predicted molar refractivity (Wildman–Crippen MR) is 83.9 cm³/mol. The second-order valence-corrected chi connectivity index (χ2v) is 7.01. The van der Waals surface area contributed by atoms with Crippen molar-refractivity contribution < 1.29 is 27.5 Å². The lowest BCUT2D eigenvalue weighted by Crippen LogP contribution is -2.43. The highest BCUT2D eigenvalue weighted by molar-refractivity contribution is 5.89. The van der Waals surface area contributed by atoms with Gasteiger partial charge in [0.15, 0.2) is 5.78 Å². The molecule has 1 aliphatic rings. The first kappa shape index (κ1) is 19.2.